The summed E-state index contributed by atoms with van der Waals surface area (Å²) in [6.07, 6.45) is 2.56. The van der Waals surface area contributed by atoms with Gasteiger partial charge in [0, 0.05) is 10.1 Å². The van der Waals surface area contributed by atoms with E-state index < -0.39 is 0 Å². The minimum absolute atomic E-state index is 0.249. The average Bonchev–Trinajstić information content (AvgIpc) is 3.02. The lowest BCUT2D eigenvalue weighted by Gasteiger charge is -2.32. The fourth-order valence-electron chi connectivity index (χ4n) is 3.18. The second kappa shape index (κ2) is 5.45. The third kappa shape index (κ3) is 2.49. The summed E-state index contributed by atoms with van der Waals surface area (Å²) in [5.41, 5.74) is 2.28. The second-order valence-corrected chi connectivity index (χ2v) is 7.57. The van der Waals surface area contributed by atoms with Gasteiger partial charge in [0.2, 0.25) is 0 Å². The summed E-state index contributed by atoms with van der Waals surface area (Å²) in [7, 11) is 0. The molecule has 1 N–H and O–H groups in total. The molecule has 108 valence electrons. The van der Waals surface area contributed by atoms with Crippen molar-refractivity contribution in [3.63, 3.8) is 0 Å². The Morgan fingerprint density at radius 1 is 1.40 bits per heavy atom. The molecule has 20 heavy (non-hydrogen) atoms. The number of hydrogen-bond donors (Lipinski definition) is 1. The van der Waals surface area contributed by atoms with E-state index in [0.29, 0.717) is 6.04 Å². The third-order valence-corrected chi connectivity index (χ3v) is 5.84. The molecule has 3 heteroatoms. The van der Waals surface area contributed by atoms with Crippen molar-refractivity contribution in [1.82, 2.24) is 5.32 Å². The molecular weight excluding hydrogens is 266 g/mol. The van der Waals surface area contributed by atoms with Crippen LogP contribution in [0.4, 0.5) is 0 Å². The smallest absolute Gasteiger partial charge is 0.134 e. The molecule has 1 saturated heterocycles. The lowest BCUT2D eigenvalue weighted by molar-refractivity contribution is 0.360. The van der Waals surface area contributed by atoms with Gasteiger partial charge in [-0.05, 0) is 57.2 Å². The van der Waals surface area contributed by atoms with E-state index in [9.17, 15) is 0 Å². The van der Waals surface area contributed by atoms with Crippen molar-refractivity contribution < 1.29 is 4.42 Å². The van der Waals surface area contributed by atoms with Crippen LogP contribution in [0.25, 0.3) is 11.0 Å². The normalized spacial score (nSPS) is 24.4. The van der Waals surface area contributed by atoms with Gasteiger partial charge in [-0.25, -0.2) is 0 Å². The fourth-order valence-corrected chi connectivity index (χ4v) is 4.59. The van der Waals surface area contributed by atoms with E-state index in [0.717, 1.165) is 17.9 Å². The highest BCUT2D eigenvalue weighted by molar-refractivity contribution is 8.00. The number of furan rings is 1. The van der Waals surface area contributed by atoms with Gasteiger partial charge in [0.05, 0.1) is 6.04 Å². The van der Waals surface area contributed by atoms with Crippen molar-refractivity contribution in [3.05, 3.63) is 35.6 Å². The quantitative estimate of drug-likeness (QED) is 0.885. The Hall–Kier alpha value is -0.930. The molecule has 3 rings (SSSR count). The van der Waals surface area contributed by atoms with Crippen molar-refractivity contribution >= 4 is 22.7 Å². The third-order valence-electron chi connectivity index (χ3n) is 4.24. The molecule has 0 saturated carbocycles. The fraction of sp³-hybridized carbons (Fsp3) is 0.529. The Balaban J connectivity index is 2.00. The summed E-state index contributed by atoms with van der Waals surface area (Å²) in [5.74, 6) is 2.35. The van der Waals surface area contributed by atoms with Crippen LogP contribution in [0.1, 0.15) is 44.1 Å². The Kier molecular flexibility index (Phi) is 3.83. The van der Waals surface area contributed by atoms with Gasteiger partial charge >= 0.3 is 0 Å². The van der Waals surface area contributed by atoms with E-state index in [4.69, 9.17) is 4.42 Å². The Bertz CT molecular complexity index is 598. The minimum atomic E-state index is 0.249. The zero-order chi connectivity index (χ0) is 14.2. The molecule has 0 radical (unpaired) electrons. The van der Waals surface area contributed by atoms with Crippen LogP contribution >= 0.6 is 11.8 Å². The lowest BCUT2D eigenvalue weighted by Crippen LogP contribution is -2.37. The lowest BCUT2D eigenvalue weighted by atomic mass is 9.94. The number of nitrogens with one attached hydrogen (secondary N) is 1. The molecule has 2 atom stereocenters. The Morgan fingerprint density at radius 3 is 2.95 bits per heavy atom. The maximum atomic E-state index is 6.14. The summed E-state index contributed by atoms with van der Waals surface area (Å²) in [6.45, 7) is 7.64. The van der Waals surface area contributed by atoms with Gasteiger partial charge < -0.3 is 9.73 Å². The molecule has 1 aliphatic rings. The molecule has 1 aromatic heterocycles. The molecule has 2 unspecified atom stereocenters. The van der Waals surface area contributed by atoms with Crippen molar-refractivity contribution in [2.45, 2.75) is 44.4 Å². The first-order chi connectivity index (χ1) is 9.62. The summed E-state index contributed by atoms with van der Waals surface area (Å²) >= 11 is 2.08. The van der Waals surface area contributed by atoms with Gasteiger partial charge in [-0.2, -0.15) is 11.8 Å². The highest BCUT2D eigenvalue weighted by atomic mass is 32.2. The number of benzene rings is 1. The Labute approximate surface area is 125 Å². The number of fused-ring (bicyclic) bond motifs is 1. The number of hydrogen-bond acceptors (Lipinski definition) is 3. The maximum Gasteiger partial charge on any atom is 0.134 e. The maximum absolute atomic E-state index is 6.14. The van der Waals surface area contributed by atoms with Crippen LogP contribution in [0.2, 0.25) is 0 Å². The first-order valence-corrected chi connectivity index (χ1v) is 8.48. The summed E-state index contributed by atoms with van der Waals surface area (Å²) < 4.78 is 6.39. The van der Waals surface area contributed by atoms with E-state index in [2.05, 4.69) is 62.1 Å². The number of rotatable bonds is 4. The average molecular weight is 289 g/mol. The van der Waals surface area contributed by atoms with Crippen LogP contribution in [0, 0.1) is 6.92 Å². The van der Waals surface area contributed by atoms with Crippen molar-refractivity contribution in [2.24, 2.45) is 0 Å². The molecule has 0 bridgehead atoms. The van der Waals surface area contributed by atoms with Crippen LogP contribution in [-0.4, -0.2) is 17.0 Å². The minimum Gasteiger partial charge on any atom is -0.459 e. The molecular formula is C17H23NOS. The molecule has 1 fully saturated rings. The summed E-state index contributed by atoms with van der Waals surface area (Å²) in [5, 5.41) is 4.86. The van der Waals surface area contributed by atoms with E-state index in [1.165, 1.54) is 29.5 Å². The molecule has 1 aromatic carbocycles. The Morgan fingerprint density at radius 2 is 2.25 bits per heavy atom. The highest BCUT2D eigenvalue weighted by Crippen LogP contribution is 2.47. The van der Waals surface area contributed by atoms with Crippen LogP contribution in [0.3, 0.4) is 0 Å². The standard InChI is InChI=1S/C17H23NOS/c1-4-18-16(17(3)8-5-9-20-17)15-11-13-10-12(2)6-7-14(13)19-15/h6-7,10-11,16,18H,4-5,8-9H2,1-3H3. The molecule has 0 aliphatic carbocycles. The molecule has 0 amide bonds. The van der Waals surface area contributed by atoms with E-state index >= 15 is 0 Å². The van der Waals surface area contributed by atoms with Gasteiger partial charge in [0.15, 0.2) is 0 Å². The van der Waals surface area contributed by atoms with Crippen LogP contribution in [-0.2, 0) is 0 Å². The van der Waals surface area contributed by atoms with Gasteiger partial charge in [-0.3, -0.25) is 0 Å². The summed E-state index contributed by atoms with van der Waals surface area (Å²) in [6, 6.07) is 8.92. The largest absolute Gasteiger partial charge is 0.459 e. The van der Waals surface area contributed by atoms with Crippen LogP contribution < -0.4 is 5.32 Å². The monoisotopic (exact) mass is 289 g/mol. The van der Waals surface area contributed by atoms with E-state index in [-0.39, 0.29) is 4.75 Å². The highest BCUT2D eigenvalue weighted by Gasteiger charge is 2.40. The van der Waals surface area contributed by atoms with Crippen molar-refractivity contribution in [3.8, 4) is 0 Å². The molecule has 2 aromatic rings. The van der Waals surface area contributed by atoms with Crippen molar-refractivity contribution in [2.75, 3.05) is 12.3 Å². The second-order valence-electron chi connectivity index (χ2n) is 5.95. The van der Waals surface area contributed by atoms with Gasteiger partial charge in [0.25, 0.3) is 0 Å². The number of aryl methyl sites for hydroxylation is 1. The van der Waals surface area contributed by atoms with Crippen molar-refractivity contribution in [1.29, 1.82) is 0 Å². The van der Waals surface area contributed by atoms with Gasteiger partial charge in [-0.1, -0.05) is 18.6 Å². The van der Waals surface area contributed by atoms with Gasteiger partial charge in [-0.15, -0.1) is 0 Å². The first kappa shape index (κ1) is 14.0. The summed E-state index contributed by atoms with van der Waals surface area (Å²) in [4.78, 5) is 0. The zero-order valence-electron chi connectivity index (χ0n) is 12.5. The topological polar surface area (TPSA) is 25.2 Å². The van der Waals surface area contributed by atoms with E-state index in [1.54, 1.807) is 0 Å². The predicted molar refractivity (Wildman–Crippen MR) is 87.5 cm³/mol. The number of thioether (sulfide) groups is 1. The first-order valence-electron chi connectivity index (χ1n) is 7.50. The van der Waals surface area contributed by atoms with Crippen LogP contribution in [0.15, 0.2) is 28.7 Å². The SMILES string of the molecule is CCNC(c1cc2cc(C)ccc2o1)C1(C)CCCS1. The van der Waals surface area contributed by atoms with Gasteiger partial charge in [0.1, 0.15) is 11.3 Å². The predicted octanol–water partition coefficient (Wildman–Crippen LogP) is 4.68. The van der Waals surface area contributed by atoms with Crippen LogP contribution in [0.5, 0.6) is 0 Å². The molecule has 0 spiro atoms. The molecule has 1 aliphatic heterocycles. The van der Waals surface area contributed by atoms with E-state index in [1.807, 2.05) is 0 Å². The molecule has 2 heterocycles. The molecule has 2 nitrogen and oxygen atoms in total. The zero-order valence-corrected chi connectivity index (χ0v) is 13.3.